The minimum Gasteiger partial charge on any atom is -0.393 e. The summed E-state index contributed by atoms with van der Waals surface area (Å²) in [5.74, 6) is -1.11. The molecule has 0 aromatic heterocycles. The molecule has 0 aliphatic carbocycles. The van der Waals surface area contributed by atoms with Crippen molar-refractivity contribution < 1.29 is 19.1 Å². The van der Waals surface area contributed by atoms with Crippen molar-refractivity contribution in [2.45, 2.75) is 58.7 Å². The van der Waals surface area contributed by atoms with Gasteiger partial charge in [-0.05, 0) is 60.2 Å². The molecule has 5 nitrogen and oxygen atoms in total. The minimum absolute atomic E-state index is 0.0519. The Bertz CT molecular complexity index is 1080. The molecule has 1 saturated heterocycles. The molecule has 1 fully saturated rings. The van der Waals surface area contributed by atoms with Crippen LogP contribution < -0.4 is 0 Å². The molecule has 2 aromatic carbocycles. The molecule has 2 aliphatic rings. The maximum atomic E-state index is 13.8. The van der Waals surface area contributed by atoms with E-state index in [-0.39, 0.29) is 23.7 Å². The molecule has 1 N–H and O–H groups in total. The maximum absolute atomic E-state index is 13.8. The normalized spacial score (nSPS) is 23.5. The molecule has 0 radical (unpaired) electrons. The number of piperidine rings is 1. The van der Waals surface area contributed by atoms with Gasteiger partial charge >= 0.3 is 0 Å². The lowest BCUT2D eigenvalue weighted by atomic mass is 9.76. The van der Waals surface area contributed by atoms with Gasteiger partial charge in [-0.1, -0.05) is 45.0 Å². The highest BCUT2D eigenvalue weighted by molar-refractivity contribution is 5.85. The Kier molecular flexibility index (Phi) is 6.08. The van der Waals surface area contributed by atoms with Gasteiger partial charge in [-0.25, -0.2) is 4.39 Å². The van der Waals surface area contributed by atoms with Crippen LogP contribution in [0.3, 0.4) is 0 Å². The summed E-state index contributed by atoms with van der Waals surface area (Å²) in [6.45, 7) is 7.80. The first-order chi connectivity index (χ1) is 15.5. The van der Waals surface area contributed by atoms with Crippen LogP contribution in [0.2, 0.25) is 0 Å². The van der Waals surface area contributed by atoms with E-state index in [0.717, 1.165) is 23.1 Å². The van der Waals surface area contributed by atoms with Crippen LogP contribution in [0.5, 0.6) is 0 Å². The highest BCUT2D eigenvalue weighted by Crippen LogP contribution is 2.43. The Balaban J connectivity index is 1.75. The molecule has 4 rings (SSSR count). The summed E-state index contributed by atoms with van der Waals surface area (Å²) in [4.78, 5) is 30.2. The van der Waals surface area contributed by atoms with Gasteiger partial charge in [0.1, 0.15) is 5.82 Å². The van der Waals surface area contributed by atoms with E-state index < -0.39 is 23.5 Å². The molecule has 2 heterocycles. The topological polar surface area (TPSA) is 60.9 Å². The van der Waals surface area contributed by atoms with Gasteiger partial charge in [0.25, 0.3) is 0 Å². The minimum atomic E-state index is -0.862. The van der Waals surface area contributed by atoms with E-state index in [9.17, 15) is 19.1 Å². The zero-order valence-corrected chi connectivity index (χ0v) is 20.0. The molecule has 4 atom stereocenters. The standard InChI is InChI=1S/C27H33FN2O3/c1-16(31)24-23(29(5)26(33)27(2,3)4)15-22-21-14-19(18-7-6-8-20(28)13-18)10-9-17(21)11-12-30(22)25(24)32/h6-10,13-14,16,22-24,31H,11-12,15H2,1-5H3/t16-,22-,23-,24-/m0/s1. The third kappa shape index (κ3) is 4.29. The molecular weight excluding hydrogens is 419 g/mol. The van der Waals surface area contributed by atoms with Crippen molar-refractivity contribution in [3.8, 4) is 11.1 Å². The zero-order valence-electron chi connectivity index (χ0n) is 20.0. The van der Waals surface area contributed by atoms with E-state index in [2.05, 4.69) is 12.1 Å². The molecular formula is C27H33FN2O3. The van der Waals surface area contributed by atoms with E-state index in [1.165, 1.54) is 17.7 Å². The molecule has 0 saturated carbocycles. The van der Waals surface area contributed by atoms with Crippen molar-refractivity contribution in [2.75, 3.05) is 13.6 Å². The quantitative estimate of drug-likeness (QED) is 0.760. The SMILES string of the molecule is C[C@H](O)[C@@H]1C(=O)N2CCc3ccc(-c4cccc(F)c4)cc3[C@@H]2C[C@@H]1N(C)C(=O)C(C)(C)C. The number of aliphatic hydroxyl groups excluding tert-OH is 1. The van der Waals surface area contributed by atoms with Gasteiger partial charge in [0.05, 0.1) is 18.1 Å². The van der Waals surface area contributed by atoms with Gasteiger partial charge in [0.15, 0.2) is 0 Å². The van der Waals surface area contributed by atoms with E-state index in [1.54, 1.807) is 24.9 Å². The average Bonchev–Trinajstić information content (AvgIpc) is 2.76. The van der Waals surface area contributed by atoms with Crippen LogP contribution in [0.4, 0.5) is 4.39 Å². The second-order valence-corrected chi connectivity index (χ2v) is 10.5. The number of fused-ring (bicyclic) bond motifs is 3. The third-order valence-electron chi connectivity index (χ3n) is 7.09. The smallest absolute Gasteiger partial charge is 0.230 e. The number of amides is 2. The second kappa shape index (κ2) is 8.56. The highest BCUT2D eigenvalue weighted by Gasteiger charge is 2.49. The number of hydrogen-bond donors (Lipinski definition) is 1. The fourth-order valence-corrected chi connectivity index (χ4v) is 5.40. The predicted octanol–water partition coefficient (Wildman–Crippen LogP) is 4.19. The summed E-state index contributed by atoms with van der Waals surface area (Å²) in [7, 11) is 1.74. The number of carbonyl (C=O) groups excluding carboxylic acids is 2. The van der Waals surface area contributed by atoms with Crippen LogP contribution in [-0.2, 0) is 16.0 Å². The molecule has 0 unspecified atom stereocenters. The summed E-state index contributed by atoms with van der Waals surface area (Å²) in [5, 5.41) is 10.5. The largest absolute Gasteiger partial charge is 0.393 e. The van der Waals surface area contributed by atoms with Crippen LogP contribution >= 0.6 is 0 Å². The fraction of sp³-hybridized carbons (Fsp3) is 0.481. The van der Waals surface area contributed by atoms with Gasteiger partial charge in [0.2, 0.25) is 11.8 Å². The van der Waals surface area contributed by atoms with Crippen molar-refractivity contribution in [1.82, 2.24) is 9.80 Å². The lowest BCUT2D eigenvalue weighted by Gasteiger charge is -2.50. The monoisotopic (exact) mass is 452 g/mol. The molecule has 2 amide bonds. The van der Waals surface area contributed by atoms with Crippen molar-refractivity contribution in [1.29, 1.82) is 0 Å². The number of rotatable bonds is 3. The summed E-state index contributed by atoms with van der Waals surface area (Å²) in [6.07, 6.45) is 0.424. The lowest BCUT2D eigenvalue weighted by Crippen LogP contribution is -2.60. The molecule has 6 heteroatoms. The zero-order chi connectivity index (χ0) is 24.1. The first-order valence-corrected chi connectivity index (χ1v) is 11.6. The number of carbonyl (C=O) groups is 2. The van der Waals surface area contributed by atoms with Crippen molar-refractivity contribution >= 4 is 11.8 Å². The third-order valence-corrected chi connectivity index (χ3v) is 7.09. The molecule has 2 aromatic rings. The molecule has 0 spiro atoms. The van der Waals surface area contributed by atoms with E-state index in [4.69, 9.17) is 0 Å². The van der Waals surface area contributed by atoms with Gasteiger partial charge in [0, 0.05) is 25.0 Å². The Labute approximate surface area is 195 Å². The van der Waals surface area contributed by atoms with Crippen molar-refractivity contribution in [2.24, 2.45) is 11.3 Å². The number of hydrogen-bond acceptors (Lipinski definition) is 3. The molecule has 0 bridgehead atoms. The molecule has 176 valence electrons. The summed E-state index contributed by atoms with van der Waals surface area (Å²) >= 11 is 0. The number of aliphatic hydroxyl groups is 1. The summed E-state index contributed by atoms with van der Waals surface area (Å²) < 4.78 is 13.8. The fourth-order valence-electron chi connectivity index (χ4n) is 5.40. The highest BCUT2D eigenvalue weighted by atomic mass is 19.1. The van der Waals surface area contributed by atoms with Gasteiger partial charge < -0.3 is 14.9 Å². The molecule has 33 heavy (non-hydrogen) atoms. The number of halogens is 1. The van der Waals surface area contributed by atoms with Gasteiger partial charge in [-0.3, -0.25) is 9.59 Å². The Morgan fingerprint density at radius 2 is 1.88 bits per heavy atom. The summed E-state index contributed by atoms with van der Waals surface area (Å²) in [5.41, 5.74) is 3.31. The van der Waals surface area contributed by atoms with Crippen LogP contribution in [0, 0.1) is 17.2 Å². The first-order valence-electron chi connectivity index (χ1n) is 11.6. The van der Waals surface area contributed by atoms with E-state index in [0.29, 0.717) is 13.0 Å². The summed E-state index contributed by atoms with van der Waals surface area (Å²) in [6, 6.07) is 12.0. The number of benzene rings is 2. The van der Waals surface area contributed by atoms with E-state index >= 15 is 0 Å². The van der Waals surface area contributed by atoms with Crippen molar-refractivity contribution in [3.63, 3.8) is 0 Å². The van der Waals surface area contributed by atoms with Crippen LogP contribution in [0.15, 0.2) is 42.5 Å². The number of nitrogens with zero attached hydrogens (tertiary/aromatic N) is 2. The van der Waals surface area contributed by atoms with Gasteiger partial charge in [-0.2, -0.15) is 0 Å². The van der Waals surface area contributed by atoms with Crippen LogP contribution in [0.1, 0.15) is 51.3 Å². The van der Waals surface area contributed by atoms with Crippen LogP contribution in [0.25, 0.3) is 11.1 Å². The Morgan fingerprint density at radius 1 is 1.18 bits per heavy atom. The predicted molar refractivity (Wildman–Crippen MR) is 126 cm³/mol. The Hall–Kier alpha value is -2.73. The van der Waals surface area contributed by atoms with Gasteiger partial charge in [-0.15, -0.1) is 0 Å². The van der Waals surface area contributed by atoms with Crippen molar-refractivity contribution in [3.05, 3.63) is 59.4 Å². The Morgan fingerprint density at radius 3 is 2.52 bits per heavy atom. The molecule has 2 aliphatic heterocycles. The first kappa shape index (κ1) is 23.4. The van der Waals surface area contributed by atoms with Crippen LogP contribution in [-0.4, -0.2) is 52.5 Å². The average molecular weight is 453 g/mol. The lowest BCUT2D eigenvalue weighted by molar-refractivity contribution is -0.158. The maximum Gasteiger partial charge on any atom is 0.230 e. The second-order valence-electron chi connectivity index (χ2n) is 10.5. The van der Waals surface area contributed by atoms with E-state index in [1.807, 2.05) is 37.8 Å².